The summed E-state index contributed by atoms with van der Waals surface area (Å²) in [5, 5.41) is 23.0. The Hall–Kier alpha value is -3.47. The van der Waals surface area contributed by atoms with Crippen molar-refractivity contribution in [1.29, 1.82) is 0 Å². The lowest BCUT2D eigenvalue weighted by Crippen LogP contribution is -2.45. The largest absolute Gasteiger partial charge is 0.394 e. The average Bonchev–Trinajstić information content (AvgIpc) is 3.26. The van der Waals surface area contributed by atoms with Crippen LogP contribution in [0.15, 0.2) is 134 Å². The number of carbonyl (C=O) groups excluding carboxylic acids is 1. The molecule has 0 aromatic rings. The Kier molecular flexibility index (Phi) is 48.0. The number of rotatable bonds is 43. The SMILES string of the molecule is CC/C=C\C/C=C\C/C=C\C/C=C\C/C=C\C/C=C\C/C=C\C/C=C\C/C=C\C/C=C\C/C=C\CCCCCCCCCC(=O)NC(CO)C(O)CCCCCCCCCC. The second-order valence-corrected chi connectivity index (χ2v) is 16.2. The van der Waals surface area contributed by atoms with Crippen molar-refractivity contribution in [3.05, 3.63) is 134 Å². The Morgan fingerprint density at radius 3 is 1.08 bits per heavy atom. The van der Waals surface area contributed by atoms with E-state index in [2.05, 4.69) is 153 Å². The molecule has 344 valence electrons. The summed E-state index contributed by atoms with van der Waals surface area (Å²) in [6.07, 6.45) is 79.9. The number of amides is 1. The van der Waals surface area contributed by atoms with Gasteiger partial charge >= 0.3 is 0 Å². The van der Waals surface area contributed by atoms with E-state index in [1.165, 1.54) is 64.2 Å². The molecule has 4 nitrogen and oxygen atoms in total. The van der Waals surface area contributed by atoms with E-state index in [1.807, 2.05) is 0 Å². The molecule has 2 atom stereocenters. The van der Waals surface area contributed by atoms with Crippen molar-refractivity contribution in [3.63, 3.8) is 0 Å². The maximum absolute atomic E-state index is 12.4. The van der Waals surface area contributed by atoms with Crippen molar-refractivity contribution in [1.82, 2.24) is 5.32 Å². The molecule has 3 N–H and O–H groups in total. The van der Waals surface area contributed by atoms with Crippen LogP contribution in [0.5, 0.6) is 0 Å². The van der Waals surface area contributed by atoms with E-state index in [4.69, 9.17) is 0 Å². The molecule has 0 saturated heterocycles. The van der Waals surface area contributed by atoms with Crippen LogP contribution >= 0.6 is 0 Å². The van der Waals surface area contributed by atoms with E-state index in [1.54, 1.807) is 0 Å². The summed E-state index contributed by atoms with van der Waals surface area (Å²) in [7, 11) is 0. The molecule has 0 spiro atoms. The third kappa shape index (κ3) is 47.4. The van der Waals surface area contributed by atoms with Crippen molar-refractivity contribution in [2.75, 3.05) is 6.61 Å². The van der Waals surface area contributed by atoms with Crippen molar-refractivity contribution in [2.24, 2.45) is 0 Å². The normalized spacial score (nSPS) is 14.1. The van der Waals surface area contributed by atoms with Crippen molar-refractivity contribution in [3.8, 4) is 0 Å². The first-order valence-electron chi connectivity index (χ1n) is 24.9. The molecule has 0 fully saturated rings. The van der Waals surface area contributed by atoms with Gasteiger partial charge in [0.2, 0.25) is 5.91 Å². The molecular weight excluding hydrogens is 747 g/mol. The molecule has 0 rings (SSSR count). The van der Waals surface area contributed by atoms with Crippen LogP contribution in [-0.4, -0.2) is 34.9 Å². The zero-order valence-electron chi connectivity index (χ0n) is 39.4. The highest BCUT2D eigenvalue weighted by Gasteiger charge is 2.20. The molecule has 0 aliphatic heterocycles. The van der Waals surface area contributed by atoms with Gasteiger partial charge in [0.05, 0.1) is 18.8 Å². The van der Waals surface area contributed by atoms with Crippen molar-refractivity contribution >= 4 is 5.91 Å². The molecule has 0 saturated carbocycles. The van der Waals surface area contributed by atoms with Gasteiger partial charge in [0, 0.05) is 6.42 Å². The standard InChI is InChI=1S/C57H93NO3/c1-3-5-7-9-11-13-14-15-16-17-18-19-20-21-22-23-24-25-26-27-28-29-30-31-32-33-34-35-36-37-38-39-40-41-42-43-44-45-47-49-51-53-57(61)58-55(54-59)56(60)52-50-48-46-12-10-8-6-4-2/h5,7,11,13,15-16,18-19,21-22,24-25,27-28,30-31,33-34,36-37,39-40,55-56,59-60H,3-4,6,8-10,12,14,17,20,23,26,29,32,35,38,41-54H2,1-2H3,(H,58,61)/b7-5-,13-11-,16-15-,19-18-,22-21-,25-24-,28-27-,31-30-,34-33-,37-36-,40-39-. The highest BCUT2D eigenvalue weighted by atomic mass is 16.3. The third-order valence-electron chi connectivity index (χ3n) is 10.4. The van der Waals surface area contributed by atoms with Gasteiger partial charge in [-0.25, -0.2) is 0 Å². The van der Waals surface area contributed by atoms with Gasteiger partial charge in [-0.05, 0) is 96.3 Å². The van der Waals surface area contributed by atoms with E-state index in [0.717, 1.165) is 109 Å². The van der Waals surface area contributed by atoms with Crippen LogP contribution in [0.4, 0.5) is 0 Å². The van der Waals surface area contributed by atoms with Crippen molar-refractivity contribution in [2.45, 2.75) is 212 Å². The fourth-order valence-corrected chi connectivity index (χ4v) is 6.66. The van der Waals surface area contributed by atoms with Gasteiger partial charge in [0.25, 0.3) is 0 Å². The average molecular weight is 840 g/mol. The maximum Gasteiger partial charge on any atom is 0.220 e. The monoisotopic (exact) mass is 840 g/mol. The fourth-order valence-electron chi connectivity index (χ4n) is 6.66. The van der Waals surface area contributed by atoms with Gasteiger partial charge < -0.3 is 15.5 Å². The topological polar surface area (TPSA) is 69.6 Å². The molecule has 4 heteroatoms. The molecule has 0 aromatic heterocycles. The Morgan fingerprint density at radius 2 is 0.721 bits per heavy atom. The third-order valence-corrected chi connectivity index (χ3v) is 10.4. The summed E-state index contributed by atoms with van der Waals surface area (Å²) in [6, 6.07) is -0.548. The van der Waals surface area contributed by atoms with Crippen LogP contribution in [-0.2, 0) is 4.79 Å². The molecular formula is C57H93NO3. The first-order valence-corrected chi connectivity index (χ1v) is 24.9. The molecule has 1 amide bonds. The Labute approximate surface area is 377 Å². The zero-order chi connectivity index (χ0) is 44.2. The summed E-state index contributed by atoms with van der Waals surface area (Å²) in [5.74, 6) is -0.0525. The first-order chi connectivity index (χ1) is 30.2. The highest BCUT2D eigenvalue weighted by molar-refractivity contribution is 5.76. The minimum absolute atomic E-state index is 0.0525. The minimum atomic E-state index is -0.670. The van der Waals surface area contributed by atoms with Crippen LogP contribution in [0.1, 0.15) is 200 Å². The Morgan fingerprint density at radius 1 is 0.410 bits per heavy atom. The first kappa shape index (κ1) is 57.5. The zero-order valence-corrected chi connectivity index (χ0v) is 39.4. The molecule has 0 aliphatic rings. The molecule has 61 heavy (non-hydrogen) atoms. The van der Waals surface area contributed by atoms with Gasteiger partial charge in [0.15, 0.2) is 0 Å². The molecule has 0 radical (unpaired) electrons. The van der Waals surface area contributed by atoms with Gasteiger partial charge in [0.1, 0.15) is 0 Å². The van der Waals surface area contributed by atoms with Crippen LogP contribution in [0.25, 0.3) is 0 Å². The molecule has 0 aliphatic carbocycles. The van der Waals surface area contributed by atoms with Gasteiger partial charge in [-0.2, -0.15) is 0 Å². The molecule has 0 heterocycles. The second kappa shape index (κ2) is 50.9. The van der Waals surface area contributed by atoms with Gasteiger partial charge in [-0.15, -0.1) is 0 Å². The fraction of sp³-hybridized carbons (Fsp3) is 0.596. The Balaban J connectivity index is 3.64. The number of unbranched alkanes of at least 4 members (excludes halogenated alkanes) is 14. The second-order valence-electron chi connectivity index (χ2n) is 16.2. The molecule has 0 aromatic carbocycles. The lowest BCUT2D eigenvalue weighted by molar-refractivity contribution is -0.123. The Bertz CT molecular complexity index is 1270. The van der Waals surface area contributed by atoms with E-state index in [0.29, 0.717) is 12.8 Å². The highest BCUT2D eigenvalue weighted by Crippen LogP contribution is 2.13. The predicted molar refractivity (Wildman–Crippen MR) is 271 cm³/mol. The van der Waals surface area contributed by atoms with Crippen molar-refractivity contribution < 1.29 is 15.0 Å². The molecule has 2 unspecified atom stereocenters. The summed E-state index contributed by atoms with van der Waals surface area (Å²) in [4.78, 5) is 12.4. The van der Waals surface area contributed by atoms with E-state index >= 15 is 0 Å². The molecule has 0 bridgehead atoms. The summed E-state index contributed by atoms with van der Waals surface area (Å²) in [6.45, 7) is 4.19. The summed E-state index contributed by atoms with van der Waals surface area (Å²) in [5.41, 5.74) is 0. The van der Waals surface area contributed by atoms with Crippen LogP contribution in [0, 0.1) is 0 Å². The minimum Gasteiger partial charge on any atom is -0.394 e. The lowest BCUT2D eigenvalue weighted by atomic mass is 10.0. The number of carbonyl (C=O) groups is 1. The van der Waals surface area contributed by atoms with Gasteiger partial charge in [-0.3, -0.25) is 4.79 Å². The number of allylic oxidation sites excluding steroid dienone is 22. The predicted octanol–water partition coefficient (Wildman–Crippen LogP) is 16.3. The summed E-state index contributed by atoms with van der Waals surface area (Å²) >= 11 is 0. The number of hydrogen-bond acceptors (Lipinski definition) is 3. The summed E-state index contributed by atoms with van der Waals surface area (Å²) < 4.78 is 0. The van der Waals surface area contributed by atoms with E-state index < -0.39 is 12.1 Å². The lowest BCUT2D eigenvalue weighted by Gasteiger charge is -2.22. The number of nitrogens with one attached hydrogen (secondary N) is 1. The van der Waals surface area contributed by atoms with Crippen LogP contribution in [0.2, 0.25) is 0 Å². The number of aliphatic hydroxyl groups excluding tert-OH is 2. The van der Waals surface area contributed by atoms with Crippen LogP contribution < -0.4 is 5.32 Å². The maximum atomic E-state index is 12.4. The quantitative estimate of drug-likeness (QED) is 0.0423. The van der Waals surface area contributed by atoms with Gasteiger partial charge in [-0.1, -0.05) is 231 Å². The number of hydrogen-bond donors (Lipinski definition) is 3. The smallest absolute Gasteiger partial charge is 0.220 e. The van der Waals surface area contributed by atoms with E-state index in [-0.39, 0.29) is 12.5 Å². The van der Waals surface area contributed by atoms with Crippen LogP contribution in [0.3, 0.4) is 0 Å². The number of aliphatic hydroxyl groups is 2. The van der Waals surface area contributed by atoms with E-state index in [9.17, 15) is 15.0 Å².